The summed E-state index contributed by atoms with van der Waals surface area (Å²) in [6.45, 7) is 2.32. The lowest BCUT2D eigenvalue weighted by atomic mass is 9.77. The van der Waals surface area contributed by atoms with E-state index in [1.807, 2.05) is 0 Å². The highest BCUT2D eigenvalue weighted by atomic mass is 16.3. The number of amides is 1. The van der Waals surface area contributed by atoms with Crippen molar-refractivity contribution in [3.63, 3.8) is 0 Å². The van der Waals surface area contributed by atoms with Crippen LogP contribution in [0, 0.1) is 5.92 Å². The molecule has 0 radical (unpaired) electrons. The minimum atomic E-state index is -0.311. The molecule has 6 heteroatoms. The van der Waals surface area contributed by atoms with Crippen molar-refractivity contribution >= 4 is 11.7 Å². The second kappa shape index (κ2) is 6.39. The molecule has 0 aromatic carbocycles. The number of hydrogen-bond donors (Lipinski definition) is 2. The minimum absolute atomic E-state index is 0.0831. The van der Waals surface area contributed by atoms with Crippen LogP contribution < -0.4 is 5.32 Å². The van der Waals surface area contributed by atoms with Crippen molar-refractivity contribution in [2.75, 3.05) is 26.0 Å². The van der Waals surface area contributed by atoms with Crippen molar-refractivity contribution in [1.29, 1.82) is 0 Å². The Labute approximate surface area is 125 Å². The molecule has 1 amide bonds. The maximum Gasteiger partial charge on any atom is 0.273 e. The predicted molar refractivity (Wildman–Crippen MR) is 81.1 cm³/mol. The van der Waals surface area contributed by atoms with E-state index in [9.17, 15) is 9.90 Å². The molecule has 1 aliphatic rings. The number of carbonyl (C=O) groups excluding carboxylic acids is 1. The first-order chi connectivity index (χ1) is 9.96. The summed E-state index contributed by atoms with van der Waals surface area (Å²) in [7, 11) is 3.36. The van der Waals surface area contributed by atoms with E-state index < -0.39 is 0 Å². The van der Waals surface area contributed by atoms with Gasteiger partial charge in [-0.3, -0.25) is 4.79 Å². The van der Waals surface area contributed by atoms with E-state index in [1.54, 1.807) is 26.2 Å². The van der Waals surface area contributed by atoms with Gasteiger partial charge in [-0.1, -0.05) is 6.92 Å². The molecule has 116 valence electrons. The standard InChI is InChI=1S/C15H24N4O2/c1-11-6-8-15(10-20,9-7-11)16-13-5-4-12(17-18-13)14(21)19(2)3/h4-5,11,20H,6-10H2,1-3H3,(H,16,18). The fourth-order valence-electron chi connectivity index (χ4n) is 2.65. The molecule has 0 unspecified atom stereocenters. The van der Waals surface area contributed by atoms with E-state index in [1.165, 1.54) is 4.90 Å². The molecule has 1 aromatic heterocycles. The van der Waals surface area contributed by atoms with E-state index >= 15 is 0 Å². The summed E-state index contributed by atoms with van der Waals surface area (Å²) in [5, 5.41) is 21.1. The molecule has 1 aromatic rings. The number of rotatable bonds is 4. The molecule has 1 heterocycles. The number of nitrogens with zero attached hydrogens (tertiary/aromatic N) is 3. The zero-order chi connectivity index (χ0) is 15.5. The highest BCUT2D eigenvalue weighted by Gasteiger charge is 2.33. The van der Waals surface area contributed by atoms with Crippen LogP contribution in [0.5, 0.6) is 0 Å². The highest BCUT2D eigenvalue weighted by Crippen LogP contribution is 2.33. The number of anilines is 1. The Kier molecular flexibility index (Phi) is 4.77. The summed E-state index contributed by atoms with van der Waals surface area (Å²) in [5.41, 5.74) is 0.00900. The summed E-state index contributed by atoms with van der Waals surface area (Å²) >= 11 is 0. The molecule has 21 heavy (non-hydrogen) atoms. The van der Waals surface area contributed by atoms with Gasteiger partial charge in [0.2, 0.25) is 0 Å². The molecule has 0 spiro atoms. The van der Waals surface area contributed by atoms with Crippen molar-refractivity contribution in [2.24, 2.45) is 5.92 Å². The van der Waals surface area contributed by atoms with E-state index in [-0.39, 0.29) is 18.1 Å². The van der Waals surface area contributed by atoms with Crippen LogP contribution in [-0.2, 0) is 0 Å². The predicted octanol–water partition coefficient (Wildman–Crippen LogP) is 1.53. The summed E-state index contributed by atoms with van der Waals surface area (Å²) in [5.74, 6) is 1.14. The van der Waals surface area contributed by atoms with Crippen LogP contribution in [-0.4, -0.2) is 52.4 Å². The molecular formula is C15H24N4O2. The molecule has 2 rings (SSSR count). The largest absolute Gasteiger partial charge is 0.394 e. The van der Waals surface area contributed by atoms with E-state index in [2.05, 4.69) is 22.4 Å². The summed E-state index contributed by atoms with van der Waals surface area (Å²) in [4.78, 5) is 13.2. The van der Waals surface area contributed by atoms with Crippen molar-refractivity contribution in [2.45, 2.75) is 38.1 Å². The van der Waals surface area contributed by atoms with Gasteiger partial charge >= 0.3 is 0 Å². The lowest BCUT2D eigenvalue weighted by Crippen LogP contribution is -2.45. The summed E-state index contributed by atoms with van der Waals surface area (Å²) in [6, 6.07) is 3.41. The van der Waals surface area contributed by atoms with Crippen LogP contribution >= 0.6 is 0 Å². The van der Waals surface area contributed by atoms with Gasteiger partial charge in [0.25, 0.3) is 5.91 Å². The molecule has 1 saturated carbocycles. The van der Waals surface area contributed by atoms with Gasteiger partial charge in [0, 0.05) is 14.1 Å². The second-order valence-corrected chi connectivity index (χ2v) is 6.25. The van der Waals surface area contributed by atoms with Gasteiger partial charge in [0.15, 0.2) is 5.69 Å². The molecule has 0 atom stereocenters. The quantitative estimate of drug-likeness (QED) is 0.880. The maximum absolute atomic E-state index is 11.8. The Morgan fingerprint density at radius 1 is 1.38 bits per heavy atom. The van der Waals surface area contributed by atoms with Crippen LogP contribution in [0.3, 0.4) is 0 Å². The molecule has 1 aliphatic carbocycles. The highest BCUT2D eigenvalue weighted by molar-refractivity contribution is 5.91. The lowest BCUT2D eigenvalue weighted by Gasteiger charge is -2.39. The van der Waals surface area contributed by atoms with Crippen molar-refractivity contribution in [3.8, 4) is 0 Å². The average molecular weight is 292 g/mol. The van der Waals surface area contributed by atoms with Gasteiger partial charge in [0.05, 0.1) is 12.1 Å². The van der Waals surface area contributed by atoms with E-state index in [0.717, 1.165) is 25.7 Å². The van der Waals surface area contributed by atoms with Gasteiger partial charge in [-0.05, 0) is 43.7 Å². The molecule has 6 nitrogen and oxygen atoms in total. The van der Waals surface area contributed by atoms with Crippen LogP contribution in [0.15, 0.2) is 12.1 Å². The number of hydrogen-bond acceptors (Lipinski definition) is 5. The van der Waals surface area contributed by atoms with Crippen LogP contribution in [0.4, 0.5) is 5.82 Å². The first-order valence-corrected chi connectivity index (χ1v) is 7.40. The fraction of sp³-hybridized carbons (Fsp3) is 0.667. The molecule has 0 bridgehead atoms. The average Bonchev–Trinajstić information content (AvgIpc) is 2.50. The molecule has 0 saturated heterocycles. The fourth-order valence-corrected chi connectivity index (χ4v) is 2.65. The number of carbonyl (C=O) groups is 1. The third-order valence-electron chi connectivity index (χ3n) is 4.22. The zero-order valence-electron chi connectivity index (χ0n) is 13.0. The molecular weight excluding hydrogens is 268 g/mol. The Hall–Kier alpha value is -1.69. The van der Waals surface area contributed by atoms with Crippen LogP contribution in [0.1, 0.15) is 43.1 Å². The Morgan fingerprint density at radius 2 is 2.05 bits per heavy atom. The second-order valence-electron chi connectivity index (χ2n) is 6.25. The monoisotopic (exact) mass is 292 g/mol. The number of aliphatic hydroxyl groups excluding tert-OH is 1. The third kappa shape index (κ3) is 3.69. The Balaban J connectivity index is 2.07. The number of aliphatic hydroxyl groups is 1. The van der Waals surface area contributed by atoms with Crippen LogP contribution in [0.2, 0.25) is 0 Å². The topological polar surface area (TPSA) is 78.4 Å². The van der Waals surface area contributed by atoms with Crippen molar-refractivity contribution in [1.82, 2.24) is 15.1 Å². The first kappa shape index (κ1) is 15.7. The number of aromatic nitrogens is 2. The Bertz CT molecular complexity index is 479. The van der Waals surface area contributed by atoms with Gasteiger partial charge in [-0.25, -0.2) is 0 Å². The van der Waals surface area contributed by atoms with Gasteiger partial charge in [-0.15, -0.1) is 10.2 Å². The van der Waals surface area contributed by atoms with E-state index in [4.69, 9.17) is 0 Å². The Morgan fingerprint density at radius 3 is 2.52 bits per heavy atom. The van der Waals surface area contributed by atoms with Gasteiger partial charge < -0.3 is 15.3 Å². The first-order valence-electron chi connectivity index (χ1n) is 7.40. The normalized spacial score (nSPS) is 25.4. The third-order valence-corrected chi connectivity index (χ3v) is 4.22. The van der Waals surface area contributed by atoms with Crippen molar-refractivity contribution < 1.29 is 9.90 Å². The maximum atomic E-state index is 11.8. The smallest absolute Gasteiger partial charge is 0.273 e. The SMILES string of the molecule is CC1CCC(CO)(Nc2ccc(C(=O)N(C)C)nn2)CC1. The lowest BCUT2D eigenvalue weighted by molar-refractivity contribution is 0.0821. The zero-order valence-corrected chi connectivity index (χ0v) is 13.0. The van der Waals surface area contributed by atoms with Gasteiger partial charge in [-0.2, -0.15) is 0 Å². The summed E-state index contributed by atoms with van der Waals surface area (Å²) < 4.78 is 0. The van der Waals surface area contributed by atoms with Crippen molar-refractivity contribution in [3.05, 3.63) is 17.8 Å². The minimum Gasteiger partial charge on any atom is -0.394 e. The van der Waals surface area contributed by atoms with E-state index in [0.29, 0.717) is 17.4 Å². The van der Waals surface area contributed by atoms with Gasteiger partial charge in [0.1, 0.15) is 5.82 Å². The molecule has 2 N–H and O–H groups in total. The molecule has 1 fully saturated rings. The van der Waals surface area contributed by atoms with Crippen LogP contribution in [0.25, 0.3) is 0 Å². The summed E-state index contributed by atoms with van der Waals surface area (Å²) in [6.07, 6.45) is 4.03. The molecule has 0 aliphatic heterocycles. The number of nitrogens with one attached hydrogen (secondary N) is 1.